The van der Waals surface area contributed by atoms with Gasteiger partial charge in [-0.1, -0.05) is 24.3 Å². The van der Waals surface area contributed by atoms with Crippen LogP contribution in [0.2, 0.25) is 0 Å². The zero-order valence-electron chi connectivity index (χ0n) is 11.2. The van der Waals surface area contributed by atoms with Crippen LogP contribution < -0.4 is 4.83 Å². The number of aliphatic hydroxyl groups is 1. The summed E-state index contributed by atoms with van der Waals surface area (Å²) in [6.45, 7) is 1.23. The Morgan fingerprint density at radius 2 is 2.00 bits per heavy atom. The molecule has 0 amide bonds. The number of aliphatic hydroxyl groups excluding tert-OH is 1. The van der Waals surface area contributed by atoms with Crippen LogP contribution in [0.25, 0.3) is 0 Å². The molecule has 0 bridgehead atoms. The third kappa shape index (κ3) is 4.05. The number of nitrogens with zero attached hydrogens (tertiary/aromatic N) is 1. The van der Waals surface area contributed by atoms with E-state index in [0.717, 1.165) is 32.4 Å². The summed E-state index contributed by atoms with van der Waals surface area (Å²) in [6.07, 6.45) is 3.15. The van der Waals surface area contributed by atoms with E-state index in [1.54, 1.807) is 17.1 Å². The quantitative estimate of drug-likeness (QED) is 0.806. The van der Waals surface area contributed by atoms with Crippen molar-refractivity contribution in [3.8, 4) is 11.8 Å². The van der Waals surface area contributed by atoms with Crippen LogP contribution in [0.15, 0.2) is 29.2 Å². The molecule has 1 aliphatic rings. The van der Waals surface area contributed by atoms with Crippen LogP contribution in [0.4, 0.5) is 0 Å². The van der Waals surface area contributed by atoms with Crippen molar-refractivity contribution in [2.24, 2.45) is 0 Å². The molecule has 1 aromatic rings. The van der Waals surface area contributed by atoms with E-state index in [4.69, 9.17) is 5.11 Å². The van der Waals surface area contributed by atoms with Crippen molar-refractivity contribution in [1.82, 2.24) is 9.84 Å². The van der Waals surface area contributed by atoms with E-state index in [9.17, 15) is 8.42 Å². The van der Waals surface area contributed by atoms with Crippen molar-refractivity contribution in [3.05, 3.63) is 29.8 Å². The summed E-state index contributed by atoms with van der Waals surface area (Å²) in [5.41, 5.74) is 0.570. The van der Waals surface area contributed by atoms with E-state index in [0.29, 0.717) is 5.56 Å². The molecule has 0 radical (unpaired) electrons. The molecule has 1 aromatic carbocycles. The number of hydrogen-bond acceptors (Lipinski definition) is 4. The molecule has 5 nitrogen and oxygen atoms in total. The Kier molecular flexibility index (Phi) is 5.15. The maximum absolute atomic E-state index is 12.3. The number of hydrogen-bond donors (Lipinski definition) is 2. The molecule has 1 saturated heterocycles. The van der Waals surface area contributed by atoms with E-state index >= 15 is 0 Å². The molecule has 6 heteroatoms. The highest BCUT2D eigenvalue weighted by Crippen LogP contribution is 2.13. The first-order valence-electron chi connectivity index (χ1n) is 6.59. The molecule has 1 heterocycles. The predicted octanol–water partition coefficient (Wildman–Crippen LogP) is 0.710. The third-order valence-electron chi connectivity index (χ3n) is 3.06. The lowest BCUT2D eigenvalue weighted by molar-refractivity contribution is 0.200. The van der Waals surface area contributed by atoms with E-state index in [1.807, 2.05) is 0 Å². The van der Waals surface area contributed by atoms with Gasteiger partial charge in [0.25, 0.3) is 10.0 Å². The van der Waals surface area contributed by atoms with E-state index < -0.39 is 10.0 Å². The fourth-order valence-electron chi connectivity index (χ4n) is 2.09. The van der Waals surface area contributed by atoms with Crippen LogP contribution in [0.3, 0.4) is 0 Å². The summed E-state index contributed by atoms with van der Waals surface area (Å²) in [5.74, 6) is 5.21. The minimum absolute atomic E-state index is 0.188. The second kappa shape index (κ2) is 6.86. The van der Waals surface area contributed by atoms with Gasteiger partial charge in [-0.15, -0.1) is 4.83 Å². The number of hydrazine groups is 1. The monoisotopic (exact) mass is 294 g/mol. The van der Waals surface area contributed by atoms with Crippen LogP contribution in [0.5, 0.6) is 0 Å². The molecule has 2 rings (SSSR count). The first-order valence-corrected chi connectivity index (χ1v) is 8.07. The zero-order valence-corrected chi connectivity index (χ0v) is 12.0. The molecule has 0 aromatic heterocycles. The van der Waals surface area contributed by atoms with Crippen molar-refractivity contribution < 1.29 is 13.5 Å². The van der Waals surface area contributed by atoms with E-state index in [2.05, 4.69) is 16.7 Å². The first-order chi connectivity index (χ1) is 9.62. The SMILES string of the molecule is O=S(=O)(NN1CCCCC1)c1cccc(C#CCO)c1. The van der Waals surface area contributed by atoms with Gasteiger partial charge in [0.2, 0.25) is 0 Å². The maximum Gasteiger partial charge on any atom is 0.253 e. The molecule has 0 aliphatic carbocycles. The van der Waals surface area contributed by atoms with Gasteiger partial charge >= 0.3 is 0 Å². The first kappa shape index (κ1) is 15.0. The lowest BCUT2D eigenvalue weighted by Crippen LogP contribution is -2.44. The topological polar surface area (TPSA) is 69.6 Å². The third-order valence-corrected chi connectivity index (χ3v) is 4.43. The van der Waals surface area contributed by atoms with Gasteiger partial charge in [0, 0.05) is 18.7 Å². The normalized spacial score (nSPS) is 16.4. The highest BCUT2D eigenvalue weighted by atomic mass is 32.2. The van der Waals surface area contributed by atoms with Crippen molar-refractivity contribution in [3.63, 3.8) is 0 Å². The second-order valence-corrected chi connectivity index (χ2v) is 6.29. The van der Waals surface area contributed by atoms with E-state index in [-0.39, 0.29) is 11.5 Å². The van der Waals surface area contributed by atoms with Crippen molar-refractivity contribution in [1.29, 1.82) is 0 Å². The summed E-state index contributed by atoms with van der Waals surface area (Å²) in [6, 6.07) is 6.40. The molecule has 108 valence electrons. The average molecular weight is 294 g/mol. The van der Waals surface area contributed by atoms with Gasteiger partial charge in [0.1, 0.15) is 6.61 Å². The summed E-state index contributed by atoms with van der Waals surface area (Å²) in [7, 11) is -3.56. The van der Waals surface area contributed by atoms with E-state index in [1.165, 1.54) is 12.1 Å². The largest absolute Gasteiger partial charge is 0.384 e. The number of benzene rings is 1. The van der Waals surface area contributed by atoms with Crippen molar-refractivity contribution in [2.45, 2.75) is 24.2 Å². The van der Waals surface area contributed by atoms with Gasteiger partial charge in [-0.05, 0) is 31.0 Å². The minimum atomic E-state index is -3.56. The van der Waals surface area contributed by atoms with Gasteiger partial charge in [0.15, 0.2) is 0 Å². The van der Waals surface area contributed by atoms with Gasteiger partial charge in [-0.2, -0.15) is 0 Å². The summed E-state index contributed by atoms with van der Waals surface area (Å²) >= 11 is 0. The maximum atomic E-state index is 12.3. The summed E-state index contributed by atoms with van der Waals surface area (Å²) in [5, 5.41) is 10.4. The smallest absolute Gasteiger partial charge is 0.253 e. The molecule has 0 atom stereocenters. The van der Waals surface area contributed by atoms with Crippen LogP contribution in [0.1, 0.15) is 24.8 Å². The lowest BCUT2D eigenvalue weighted by atomic mass is 10.2. The summed E-state index contributed by atoms with van der Waals surface area (Å²) in [4.78, 5) is 2.79. The molecule has 2 N–H and O–H groups in total. The highest BCUT2D eigenvalue weighted by molar-refractivity contribution is 7.89. The average Bonchev–Trinajstić information content (AvgIpc) is 2.46. The number of sulfonamides is 1. The Bertz CT molecular complexity index is 611. The highest BCUT2D eigenvalue weighted by Gasteiger charge is 2.19. The Morgan fingerprint density at radius 3 is 2.70 bits per heavy atom. The molecule has 0 spiro atoms. The molecular formula is C14H18N2O3S. The minimum Gasteiger partial charge on any atom is -0.384 e. The van der Waals surface area contributed by atoms with Gasteiger partial charge in [-0.25, -0.2) is 13.4 Å². The second-order valence-electron chi connectivity index (χ2n) is 4.63. The summed E-state index contributed by atoms with van der Waals surface area (Å²) < 4.78 is 24.6. The van der Waals surface area contributed by atoms with Gasteiger partial charge in [-0.3, -0.25) is 0 Å². The molecule has 0 unspecified atom stereocenters. The number of nitrogens with one attached hydrogen (secondary N) is 1. The fourth-order valence-corrected chi connectivity index (χ4v) is 3.26. The Morgan fingerprint density at radius 1 is 1.25 bits per heavy atom. The standard InChI is InChI=1S/C14H18N2O3S/c17-11-5-7-13-6-4-8-14(12-13)20(18,19)15-16-9-2-1-3-10-16/h4,6,8,12,15,17H,1-3,9-11H2. The van der Waals surface area contributed by atoms with Crippen LogP contribution in [-0.4, -0.2) is 38.2 Å². The number of piperidine rings is 1. The van der Waals surface area contributed by atoms with Crippen molar-refractivity contribution >= 4 is 10.0 Å². The Balaban J connectivity index is 2.16. The Labute approximate surface area is 119 Å². The zero-order chi connectivity index (χ0) is 14.4. The number of rotatable bonds is 3. The van der Waals surface area contributed by atoms with Crippen LogP contribution >= 0.6 is 0 Å². The predicted molar refractivity (Wildman–Crippen MR) is 76.2 cm³/mol. The molecule has 20 heavy (non-hydrogen) atoms. The van der Waals surface area contributed by atoms with Gasteiger partial charge < -0.3 is 5.11 Å². The van der Waals surface area contributed by atoms with Crippen molar-refractivity contribution in [2.75, 3.05) is 19.7 Å². The van der Waals surface area contributed by atoms with Crippen LogP contribution in [-0.2, 0) is 10.0 Å². The molecule has 1 aliphatic heterocycles. The molecular weight excluding hydrogens is 276 g/mol. The Hall–Kier alpha value is -1.39. The van der Waals surface area contributed by atoms with Crippen LogP contribution in [0, 0.1) is 11.8 Å². The molecule has 0 saturated carbocycles. The lowest BCUT2D eigenvalue weighted by Gasteiger charge is -2.26. The molecule has 1 fully saturated rings. The fraction of sp³-hybridized carbons (Fsp3) is 0.429. The van der Waals surface area contributed by atoms with Gasteiger partial charge in [0.05, 0.1) is 4.90 Å².